The molecular formula is C15H10BrClO3. The first-order valence-corrected chi connectivity index (χ1v) is 6.84. The molecule has 0 unspecified atom stereocenters. The van der Waals surface area contributed by atoms with E-state index in [1.807, 2.05) is 6.07 Å². The summed E-state index contributed by atoms with van der Waals surface area (Å²) in [5.74, 6) is -0.882. The van der Waals surface area contributed by atoms with Gasteiger partial charge in [0, 0.05) is 10.0 Å². The van der Waals surface area contributed by atoms with Crippen molar-refractivity contribution in [3.8, 4) is 11.5 Å². The van der Waals surface area contributed by atoms with Gasteiger partial charge in [0.25, 0.3) is 0 Å². The van der Waals surface area contributed by atoms with Gasteiger partial charge in [-0.25, -0.2) is 0 Å². The number of halogens is 2. The van der Waals surface area contributed by atoms with Gasteiger partial charge in [-0.3, -0.25) is 4.79 Å². The van der Waals surface area contributed by atoms with Gasteiger partial charge in [0.05, 0.1) is 5.02 Å². The third-order valence-electron chi connectivity index (χ3n) is 2.63. The molecule has 3 nitrogen and oxygen atoms in total. The van der Waals surface area contributed by atoms with E-state index in [4.69, 9.17) is 11.6 Å². The van der Waals surface area contributed by atoms with E-state index in [1.165, 1.54) is 24.3 Å². The van der Waals surface area contributed by atoms with Crippen molar-refractivity contribution in [2.24, 2.45) is 0 Å². The van der Waals surface area contributed by atoms with E-state index in [9.17, 15) is 15.0 Å². The Balaban J connectivity index is 2.26. The van der Waals surface area contributed by atoms with E-state index in [0.29, 0.717) is 15.6 Å². The fourth-order valence-corrected chi connectivity index (χ4v) is 2.33. The van der Waals surface area contributed by atoms with Crippen LogP contribution in [0.5, 0.6) is 11.5 Å². The number of aromatic hydroxyl groups is 2. The molecular weight excluding hydrogens is 344 g/mol. The molecule has 0 heterocycles. The van der Waals surface area contributed by atoms with Gasteiger partial charge in [0.1, 0.15) is 0 Å². The molecule has 2 aromatic carbocycles. The number of carbonyl (C=O) groups is 1. The van der Waals surface area contributed by atoms with Crippen LogP contribution in [0.25, 0.3) is 6.08 Å². The molecule has 0 spiro atoms. The van der Waals surface area contributed by atoms with Crippen molar-refractivity contribution in [2.45, 2.75) is 0 Å². The maximum atomic E-state index is 12.0. The van der Waals surface area contributed by atoms with Crippen LogP contribution in [-0.4, -0.2) is 16.0 Å². The Labute approximate surface area is 129 Å². The molecule has 0 aliphatic carbocycles. The van der Waals surface area contributed by atoms with Crippen LogP contribution in [0, 0.1) is 0 Å². The SMILES string of the molecule is O=C(/C=C/c1cc(O)c(O)c(Cl)c1)c1ccccc1Br. The molecule has 0 aliphatic heterocycles. The summed E-state index contributed by atoms with van der Waals surface area (Å²) >= 11 is 9.05. The van der Waals surface area contributed by atoms with Crippen LogP contribution in [0.1, 0.15) is 15.9 Å². The van der Waals surface area contributed by atoms with Gasteiger partial charge >= 0.3 is 0 Å². The highest BCUT2D eigenvalue weighted by atomic mass is 79.9. The third-order valence-corrected chi connectivity index (χ3v) is 3.61. The predicted molar refractivity (Wildman–Crippen MR) is 82.3 cm³/mol. The molecule has 0 saturated carbocycles. The zero-order chi connectivity index (χ0) is 14.7. The van der Waals surface area contributed by atoms with Crippen molar-refractivity contribution in [2.75, 3.05) is 0 Å². The predicted octanol–water partition coefficient (Wildman–Crippen LogP) is 4.41. The van der Waals surface area contributed by atoms with Gasteiger partial charge in [0.15, 0.2) is 17.3 Å². The molecule has 0 aliphatic rings. The summed E-state index contributed by atoms with van der Waals surface area (Å²) in [6, 6.07) is 9.87. The summed E-state index contributed by atoms with van der Waals surface area (Å²) < 4.78 is 0.709. The van der Waals surface area contributed by atoms with Gasteiger partial charge in [-0.05, 0) is 35.9 Å². The fraction of sp³-hybridized carbons (Fsp3) is 0. The summed E-state index contributed by atoms with van der Waals surface area (Å²) in [5.41, 5.74) is 1.06. The molecule has 0 fully saturated rings. The van der Waals surface area contributed by atoms with Crippen molar-refractivity contribution in [3.63, 3.8) is 0 Å². The zero-order valence-corrected chi connectivity index (χ0v) is 12.5. The number of carbonyl (C=O) groups excluding carboxylic acids is 1. The first-order chi connectivity index (χ1) is 9.49. The smallest absolute Gasteiger partial charge is 0.186 e. The maximum absolute atomic E-state index is 12.0. The zero-order valence-electron chi connectivity index (χ0n) is 10.2. The summed E-state index contributed by atoms with van der Waals surface area (Å²) in [6.07, 6.45) is 2.90. The van der Waals surface area contributed by atoms with Crippen LogP contribution in [0.15, 0.2) is 46.9 Å². The Hall–Kier alpha value is -1.78. The monoisotopic (exact) mass is 352 g/mol. The fourth-order valence-electron chi connectivity index (χ4n) is 1.62. The van der Waals surface area contributed by atoms with Crippen LogP contribution >= 0.6 is 27.5 Å². The minimum atomic E-state index is -0.374. The van der Waals surface area contributed by atoms with Crippen LogP contribution in [0.2, 0.25) is 5.02 Å². The standard InChI is InChI=1S/C15H10BrClO3/c16-11-4-2-1-3-10(11)13(18)6-5-9-7-12(17)15(20)14(19)8-9/h1-8,19-20H/b6-5+. The summed E-state index contributed by atoms with van der Waals surface area (Å²) in [6.45, 7) is 0. The Morgan fingerprint density at radius 1 is 1.20 bits per heavy atom. The molecule has 0 aromatic heterocycles. The second kappa shape index (κ2) is 6.11. The highest BCUT2D eigenvalue weighted by molar-refractivity contribution is 9.10. The van der Waals surface area contributed by atoms with Crippen molar-refractivity contribution in [1.29, 1.82) is 0 Å². The first-order valence-electron chi connectivity index (χ1n) is 5.67. The van der Waals surface area contributed by atoms with Crippen LogP contribution in [0.4, 0.5) is 0 Å². The molecule has 0 bridgehead atoms. The lowest BCUT2D eigenvalue weighted by Crippen LogP contribution is -1.94. The average molecular weight is 354 g/mol. The molecule has 0 amide bonds. The molecule has 0 atom stereocenters. The topological polar surface area (TPSA) is 57.5 Å². The molecule has 2 N–H and O–H groups in total. The van der Waals surface area contributed by atoms with E-state index in [1.54, 1.807) is 18.2 Å². The number of allylic oxidation sites excluding steroid dienone is 1. The Bertz CT molecular complexity index is 672. The van der Waals surface area contributed by atoms with E-state index in [2.05, 4.69) is 15.9 Å². The number of benzene rings is 2. The summed E-state index contributed by atoms with van der Waals surface area (Å²) in [5, 5.41) is 18.8. The average Bonchev–Trinajstić information content (AvgIpc) is 2.42. The van der Waals surface area contributed by atoms with Gasteiger partial charge in [-0.1, -0.05) is 45.7 Å². The van der Waals surface area contributed by atoms with Crippen molar-refractivity contribution in [3.05, 3.63) is 63.1 Å². The number of hydrogen-bond acceptors (Lipinski definition) is 3. The van der Waals surface area contributed by atoms with Gasteiger partial charge in [0.2, 0.25) is 0 Å². The van der Waals surface area contributed by atoms with Gasteiger partial charge < -0.3 is 10.2 Å². The first kappa shape index (κ1) is 14.6. The lowest BCUT2D eigenvalue weighted by atomic mass is 10.1. The summed E-state index contributed by atoms with van der Waals surface area (Å²) in [7, 11) is 0. The highest BCUT2D eigenvalue weighted by Gasteiger charge is 2.08. The van der Waals surface area contributed by atoms with Crippen LogP contribution in [-0.2, 0) is 0 Å². The largest absolute Gasteiger partial charge is 0.504 e. The maximum Gasteiger partial charge on any atom is 0.186 e. The van der Waals surface area contributed by atoms with Crippen molar-refractivity contribution < 1.29 is 15.0 Å². The van der Waals surface area contributed by atoms with Crippen LogP contribution in [0.3, 0.4) is 0 Å². The van der Waals surface area contributed by atoms with E-state index in [-0.39, 0.29) is 22.3 Å². The number of phenolic OH excluding ortho intramolecular Hbond substituents is 2. The van der Waals surface area contributed by atoms with E-state index >= 15 is 0 Å². The van der Waals surface area contributed by atoms with Crippen molar-refractivity contribution >= 4 is 39.4 Å². The molecule has 2 aromatic rings. The lowest BCUT2D eigenvalue weighted by Gasteiger charge is -2.02. The minimum Gasteiger partial charge on any atom is -0.504 e. The number of ketones is 1. The van der Waals surface area contributed by atoms with Crippen LogP contribution < -0.4 is 0 Å². The van der Waals surface area contributed by atoms with E-state index in [0.717, 1.165) is 0 Å². The molecule has 20 heavy (non-hydrogen) atoms. The van der Waals surface area contributed by atoms with E-state index < -0.39 is 0 Å². The second-order valence-electron chi connectivity index (χ2n) is 4.05. The Kier molecular flexibility index (Phi) is 4.47. The normalized spacial score (nSPS) is 10.9. The second-order valence-corrected chi connectivity index (χ2v) is 5.31. The minimum absolute atomic E-state index is 0.0259. The Morgan fingerprint density at radius 2 is 1.90 bits per heavy atom. The quantitative estimate of drug-likeness (QED) is 0.488. The molecule has 102 valence electrons. The highest BCUT2D eigenvalue weighted by Crippen LogP contribution is 2.34. The molecule has 0 saturated heterocycles. The summed E-state index contributed by atoms with van der Waals surface area (Å²) in [4.78, 5) is 12.0. The number of hydrogen-bond donors (Lipinski definition) is 2. The number of phenols is 2. The lowest BCUT2D eigenvalue weighted by molar-refractivity contribution is 0.104. The molecule has 2 rings (SSSR count). The van der Waals surface area contributed by atoms with Crippen molar-refractivity contribution in [1.82, 2.24) is 0 Å². The molecule has 5 heteroatoms. The third kappa shape index (κ3) is 3.21. The van der Waals surface area contributed by atoms with Gasteiger partial charge in [-0.15, -0.1) is 0 Å². The van der Waals surface area contributed by atoms with Gasteiger partial charge in [-0.2, -0.15) is 0 Å². The Morgan fingerprint density at radius 3 is 2.55 bits per heavy atom. The molecule has 0 radical (unpaired) electrons. The number of rotatable bonds is 3.